The number of nitrogens with two attached hydrogens (primary N) is 1. The molecule has 1 aliphatic rings. The maximum Gasteiger partial charge on any atom is 0.231 e. The third-order valence-corrected chi connectivity index (χ3v) is 6.62. The van der Waals surface area contributed by atoms with Crippen molar-refractivity contribution in [3.8, 4) is 0 Å². The van der Waals surface area contributed by atoms with Crippen molar-refractivity contribution in [3.05, 3.63) is 33.5 Å². The number of anilines is 1. The van der Waals surface area contributed by atoms with E-state index in [1.807, 2.05) is 17.5 Å². The van der Waals surface area contributed by atoms with Crippen molar-refractivity contribution in [1.82, 2.24) is 15.2 Å². The lowest BCUT2D eigenvalue weighted by Crippen LogP contribution is -2.42. The van der Waals surface area contributed by atoms with E-state index >= 15 is 0 Å². The molecule has 1 unspecified atom stereocenters. The molecule has 1 aliphatic heterocycles. The maximum atomic E-state index is 12.1. The normalized spacial score (nSPS) is 16.9. The summed E-state index contributed by atoms with van der Waals surface area (Å²) >= 11 is 2.86. The van der Waals surface area contributed by atoms with Gasteiger partial charge in [0.15, 0.2) is 5.13 Å². The van der Waals surface area contributed by atoms with Gasteiger partial charge in [0.2, 0.25) is 17.7 Å². The number of hydrogen-bond donors (Lipinski definition) is 3. The maximum absolute atomic E-state index is 12.1. The summed E-state index contributed by atoms with van der Waals surface area (Å²) < 4.78 is 0. The fourth-order valence-corrected chi connectivity index (χ4v) is 4.86. The molecule has 0 spiro atoms. The number of aromatic nitrogens is 1. The van der Waals surface area contributed by atoms with Crippen molar-refractivity contribution < 1.29 is 14.4 Å². The Morgan fingerprint density at radius 3 is 2.87 bits per heavy atom. The summed E-state index contributed by atoms with van der Waals surface area (Å²) in [5.41, 5.74) is 6.05. The Bertz CT molecular complexity index is 853. The molecule has 1 saturated heterocycles. The lowest BCUT2D eigenvalue weighted by Gasteiger charge is -2.31. The van der Waals surface area contributed by atoms with E-state index in [1.54, 1.807) is 16.7 Å². The van der Waals surface area contributed by atoms with Gasteiger partial charge in [-0.2, -0.15) is 0 Å². The van der Waals surface area contributed by atoms with Gasteiger partial charge < -0.3 is 21.3 Å². The van der Waals surface area contributed by atoms with E-state index in [-0.39, 0.29) is 30.1 Å². The van der Waals surface area contributed by atoms with Crippen molar-refractivity contribution >= 4 is 45.5 Å². The zero-order chi connectivity index (χ0) is 21.3. The van der Waals surface area contributed by atoms with Crippen LogP contribution in [0.5, 0.6) is 0 Å². The second kappa shape index (κ2) is 11.2. The summed E-state index contributed by atoms with van der Waals surface area (Å²) in [5, 5.41) is 9.92. The van der Waals surface area contributed by atoms with Crippen molar-refractivity contribution in [2.75, 3.05) is 31.5 Å². The Hall–Kier alpha value is -2.30. The first kappa shape index (κ1) is 22.4. The number of piperidine rings is 1. The van der Waals surface area contributed by atoms with Gasteiger partial charge in [-0.3, -0.25) is 14.4 Å². The molecule has 10 heteroatoms. The second-order valence-electron chi connectivity index (χ2n) is 7.37. The van der Waals surface area contributed by atoms with Gasteiger partial charge in [0, 0.05) is 23.3 Å². The molecular weight excluding hydrogens is 422 g/mol. The third-order valence-electron chi connectivity index (χ3n) is 4.94. The van der Waals surface area contributed by atoms with Crippen LogP contribution in [0.4, 0.5) is 5.13 Å². The van der Waals surface area contributed by atoms with Crippen LogP contribution in [-0.2, 0) is 27.2 Å². The summed E-state index contributed by atoms with van der Waals surface area (Å²) in [7, 11) is 0. The molecule has 0 radical (unpaired) electrons. The number of primary amides is 1. The summed E-state index contributed by atoms with van der Waals surface area (Å²) in [4.78, 5) is 43.1. The topological polar surface area (TPSA) is 117 Å². The van der Waals surface area contributed by atoms with E-state index in [2.05, 4.69) is 20.5 Å². The molecule has 3 heterocycles. The number of thiophene rings is 1. The number of carbonyl (C=O) groups excluding carboxylic acids is 3. The number of carbonyl (C=O) groups is 3. The summed E-state index contributed by atoms with van der Waals surface area (Å²) in [6, 6.07) is 3.83. The Balaban J connectivity index is 1.32. The highest BCUT2D eigenvalue weighted by atomic mass is 32.1. The van der Waals surface area contributed by atoms with Crippen molar-refractivity contribution in [3.63, 3.8) is 0 Å². The van der Waals surface area contributed by atoms with Crippen LogP contribution in [0.25, 0.3) is 0 Å². The molecule has 4 N–H and O–H groups in total. The highest BCUT2D eigenvalue weighted by molar-refractivity contribution is 7.14. The lowest BCUT2D eigenvalue weighted by atomic mass is 9.97. The number of nitrogens with one attached hydrogen (secondary N) is 2. The fraction of sp³-hybridized carbons (Fsp3) is 0.500. The summed E-state index contributed by atoms with van der Waals surface area (Å²) in [6.07, 6.45) is 3.18. The smallest absolute Gasteiger partial charge is 0.231 e. The molecule has 0 bridgehead atoms. The standard InChI is InChI=1S/C20H27N5O3S2/c21-19(28)14-4-1-7-25(12-14)8-3-6-22-17(26)10-15-13-30-20(23-15)24-18(27)11-16-5-2-9-29-16/h2,5,9,13-14H,1,3-4,6-8,10-12H2,(H2,21,28)(H,22,26)(H,23,24,27). The molecule has 30 heavy (non-hydrogen) atoms. The van der Waals surface area contributed by atoms with E-state index in [4.69, 9.17) is 5.73 Å². The monoisotopic (exact) mass is 449 g/mol. The molecule has 162 valence electrons. The molecule has 3 rings (SSSR count). The van der Waals surface area contributed by atoms with Crippen molar-refractivity contribution in [2.24, 2.45) is 11.7 Å². The number of hydrogen-bond acceptors (Lipinski definition) is 7. The van der Waals surface area contributed by atoms with Gasteiger partial charge in [0.1, 0.15) is 0 Å². The lowest BCUT2D eigenvalue weighted by molar-refractivity contribution is -0.123. The first-order chi connectivity index (χ1) is 14.5. The number of amides is 3. The highest BCUT2D eigenvalue weighted by Crippen LogP contribution is 2.18. The van der Waals surface area contributed by atoms with E-state index in [0.29, 0.717) is 30.3 Å². The minimum absolute atomic E-state index is 0.0574. The van der Waals surface area contributed by atoms with Crippen molar-refractivity contribution in [2.45, 2.75) is 32.1 Å². The van der Waals surface area contributed by atoms with Gasteiger partial charge in [0.05, 0.1) is 24.5 Å². The third kappa shape index (κ3) is 7.19. The van der Waals surface area contributed by atoms with Crippen LogP contribution in [0.1, 0.15) is 29.8 Å². The average molecular weight is 450 g/mol. The predicted molar refractivity (Wildman–Crippen MR) is 118 cm³/mol. The molecule has 3 amide bonds. The summed E-state index contributed by atoms with van der Waals surface area (Å²) in [6.45, 7) is 3.09. The van der Waals surface area contributed by atoms with Gasteiger partial charge >= 0.3 is 0 Å². The number of thiazole rings is 1. The van der Waals surface area contributed by atoms with Gasteiger partial charge in [-0.25, -0.2) is 4.98 Å². The molecule has 2 aromatic rings. The van der Waals surface area contributed by atoms with E-state index in [0.717, 1.165) is 37.2 Å². The minimum Gasteiger partial charge on any atom is -0.369 e. The number of rotatable bonds is 10. The Morgan fingerprint density at radius 2 is 2.10 bits per heavy atom. The van der Waals surface area contributed by atoms with Crippen LogP contribution in [0, 0.1) is 5.92 Å². The quantitative estimate of drug-likeness (QED) is 0.477. The van der Waals surface area contributed by atoms with Crippen LogP contribution in [-0.4, -0.2) is 53.8 Å². The van der Waals surface area contributed by atoms with Crippen LogP contribution in [0.15, 0.2) is 22.9 Å². The first-order valence-corrected chi connectivity index (χ1v) is 11.8. The minimum atomic E-state index is -0.224. The summed E-state index contributed by atoms with van der Waals surface area (Å²) in [5.74, 6) is -0.485. The van der Waals surface area contributed by atoms with Crippen LogP contribution < -0.4 is 16.4 Å². The molecule has 1 fully saturated rings. The molecule has 0 saturated carbocycles. The first-order valence-electron chi connectivity index (χ1n) is 10.0. The van der Waals surface area contributed by atoms with Gasteiger partial charge in [-0.15, -0.1) is 22.7 Å². The molecular formula is C20H27N5O3S2. The predicted octanol–water partition coefficient (Wildman–Crippen LogP) is 1.63. The zero-order valence-electron chi connectivity index (χ0n) is 16.8. The number of likely N-dealkylation sites (tertiary alicyclic amines) is 1. The Kier molecular flexibility index (Phi) is 8.35. The molecule has 8 nitrogen and oxygen atoms in total. The molecule has 2 aromatic heterocycles. The van der Waals surface area contributed by atoms with Crippen molar-refractivity contribution in [1.29, 1.82) is 0 Å². The van der Waals surface area contributed by atoms with Crippen LogP contribution >= 0.6 is 22.7 Å². The van der Waals surface area contributed by atoms with Crippen LogP contribution in [0.3, 0.4) is 0 Å². The second-order valence-corrected chi connectivity index (χ2v) is 9.26. The fourth-order valence-electron chi connectivity index (χ4n) is 3.43. The molecule has 0 aliphatic carbocycles. The Labute approximate surface area is 183 Å². The van der Waals surface area contributed by atoms with E-state index < -0.39 is 0 Å². The van der Waals surface area contributed by atoms with E-state index in [9.17, 15) is 14.4 Å². The Morgan fingerprint density at radius 1 is 1.23 bits per heavy atom. The van der Waals surface area contributed by atoms with Gasteiger partial charge in [-0.1, -0.05) is 6.07 Å². The largest absolute Gasteiger partial charge is 0.369 e. The zero-order valence-corrected chi connectivity index (χ0v) is 18.4. The molecule has 0 aromatic carbocycles. The number of nitrogens with zero attached hydrogens (tertiary/aromatic N) is 2. The average Bonchev–Trinajstić information content (AvgIpc) is 3.37. The molecule has 1 atom stereocenters. The SMILES string of the molecule is NC(=O)C1CCCN(CCCNC(=O)Cc2csc(NC(=O)Cc3cccs3)n2)C1. The van der Waals surface area contributed by atoms with E-state index in [1.165, 1.54) is 11.3 Å². The van der Waals surface area contributed by atoms with Crippen LogP contribution in [0.2, 0.25) is 0 Å². The van der Waals surface area contributed by atoms with Gasteiger partial charge in [0.25, 0.3) is 0 Å². The highest BCUT2D eigenvalue weighted by Gasteiger charge is 2.23. The van der Waals surface area contributed by atoms with Gasteiger partial charge in [-0.05, 0) is 43.8 Å².